The van der Waals surface area contributed by atoms with Crippen molar-refractivity contribution in [1.82, 2.24) is 0 Å². The fourth-order valence-corrected chi connectivity index (χ4v) is 1.56. The number of aryl methyl sites for hydroxylation is 1. The van der Waals surface area contributed by atoms with Gasteiger partial charge in [0.25, 0.3) is 0 Å². The second-order valence-corrected chi connectivity index (χ2v) is 3.69. The third kappa shape index (κ3) is 1.95. The summed E-state index contributed by atoms with van der Waals surface area (Å²) in [7, 11) is 0. The molecule has 1 nitrogen and oxygen atoms in total. The molecule has 0 heterocycles. The molecule has 1 aromatic carbocycles. The summed E-state index contributed by atoms with van der Waals surface area (Å²) in [6.45, 7) is 1.70. The summed E-state index contributed by atoms with van der Waals surface area (Å²) >= 11 is 2.03. The molecule has 12 heavy (non-hydrogen) atoms. The zero-order valence-corrected chi connectivity index (χ0v) is 8.72. The van der Waals surface area contributed by atoms with E-state index in [0.29, 0.717) is 12.0 Å². The van der Waals surface area contributed by atoms with E-state index in [1.807, 2.05) is 28.7 Å². The number of halogens is 2. The molecule has 1 aromatic rings. The predicted molar refractivity (Wildman–Crippen MR) is 53.2 cm³/mol. The first kappa shape index (κ1) is 9.46. The summed E-state index contributed by atoms with van der Waals surface area (Å²) in [4.78, 5) is 0. The van der Waals surface area contributed by atoms with Crippen LogP contribution in [-0.2, 0) is 6.42 Å². The van der Waals surface area contributed by atoms with Gasteiger partial charge in [0.1, 0.15) is 5.82 Å². The Labute approximate surface area is 84.3 Å². The van der Waals surface area contributed by atoms with Crippen LogP contribution in [0.25, 0.3) is 0 Å². The summed E-state index contributed by atoms with van der Waals surface area (Å²) in [5, 5.41) is 8.46. The summed E-state index contributed by atoms with van der Waals surface area (Å²) in [6, 6.07) is 5.23. The Morgan fingerprint density at radius 1 is 1.58 bits per heavy atom. The standard InChI is InChI=1S/C9H7FIN/c1-6-4-7(2-3-12)9(11)5-8(6)10/h4-5H,2H2,1H3. The van der Waals surface area contributed by atoms with Gasteiger partial charge >= 0.3 is 0 Å². The summed E-state index contributed by atoms with van der Waals surface area (Å²) in [6.07, 6.45) is 0.347. The minimum Gasteiger partial charge on any atom is -0.207 e. The number of hydrogen-bond donors (Lipinski definition) is 0. The summed E-state index contributed by atoms with van der Waals surface area (Å²) in [5.41, 5.74) is 1.50. The van der Waals surface area contributed by atoms with Crippen molar-refractivity contribution in [2.24, 2.45) is 0 Å². The van der Waals surface area contributed by atoms with Gasteiger partial charge in [-0.25, -0.2) is 4.39 Å². The van der Waals surface area contributed by atoms with Crippen LogP contribution in [0.5, 0.6) is 0 Å². The molecule has 0 radical (unpaired) electrons. The number of nitrogens with zero attached hydrogens (tertiary/aromatic N) is 1. The SMILES string of the molecule is Cc1cc(CC#N)c(I)cc1F. The largest absolute Gasteiger partial charge is 0.207 e. The van der Waals surface area contributed by atoms with Crippen LogP contribution in [0.4, 0.5) is 4.39 Å². The molecule has 1 rings (SSSR count). The first-order chi connectivity index (χ1) is 5.65. The molecule has 0 aliphatic rings. The maximum atomic E-state index is 12.9. The van der Waals surface area contributed by atoms with Crippen LogP contribution in [0, 0.1) is 27.6 Å². The lowest BCUT2D eigenvalue weighted by Gasteiger charge is -2.02. The lowest BCUT2D eigenvalue weighted by atomic mass is 10.1. The average molecular weight is 275 g/mol. The Morgan fingerprint density at radius 2 is 2.25 bits per heavy atom. The van der Waals surface area contributed by atoms with Crippen molar-refractivity contribution < 1.29 is 4.39 Å². The Morgan fingerprint density at radius 3 is 2.83 bits per heavy atom. The van der Waals surface area contributed by atoms with Crippen molar-refractivity contribution >= 4 is 22.6 Å². The molecule has 0 aliphatic heterocycles. The maximum absolute atomic E-state index is 12.9. The highest BCUT2D eigenvalue weighted by atomic mass is 127. The van der Waals surface area contributed by atoms with Crippen molar-refractivity contribution in [3.8, 4) is 6.07 Å². The van der Waals surface area contributed by atoms with E-state index in [4.69, 9.17) is 5.26 Å². The third-order valence-electron chi connectivity index (χ3n) is 1.60. The fourth-order valence-electron chi connectivity index (χ4n) is 0.938. The number of benzene rings is 1. The van der Waals surface area contributed by atoms with Gasteiger partial charge in [-0.05, 0) is 46.7 Å². The molecule has 0 spiro atoms. The normalized spacial score (nSPS) is 9.50. The Hall–Kier alpha value is -0.630. The molecule has 3 heteroatoms. The van der Waals surface area contributed by atoms with Gasteiger partial charge in [-0.3, -0.25) is 0 Å². The number of hydrogen-bond acceptors (Lipinski definition) is 1. The first-order valence-electron chi connectivity index (χ1n) is 3.46. The van der Waals surface area contributed by atoms with Crippen molar-refractivity contribution in [2.45, 2.75) is 13.3 Å². The first-order valence-corrected chi connectivity index (χ1v) is 4.54. The molecule has 62 valence electrons. The molecule has 0 saturated heterocycles. The fraction of sp³-hybridized carbons (Fsp3) is 0.222. The Bertz CT molecular complexity index is 341. The molecule has 0 amide bonds. The monoisotopic (exact) mass is 275 g/mol. The van der Waals surface area contributed by atoms with Gasteiger partial charge in [-0.1, -0.05) is 6.07 Å². The molecule has 0 saturated carbocycles. The van der Waals surface area contributed by atoms with E-state index in [1.54, 1.807) is 13.0 Å². The average Bonchev–Trinajstić information content (AvgIpc) is 2.01. The van der Waals surface area contributed by atoms with Gasteiger partial charge < -0.3 is 0 Å². The highest BCUT2D eigenvalue weighted by Crippen LogP contribution is 2.17. The smallest absolute Gasteiger partial charge is 0.127 e. The molecule has 0 bridgehead atoms. The van der Waals surface area contributed by atoms with Gasteiger partial charge in [0.15, 0.2) is 0 Å². The van der Waals surface area contributed by atoms with Crippen LogP contribution in [-0.4, -0.2) is 0 Å². The highest BCUT2D eigenvalue weighted by molar-refractivity contribution is 14.1. The van der Waals surface area contributed by atoms with E-state index in [0.717, 1.165) is 9.13 Å². The zero-order chi connectivity index (χ0) is 9.14. The van der Waals surface area contributed by atoms with Crippen molar-refractivity contribution in [2.75, 3.05) is 0 Å². The molecule has 0 aliphatic carbocycles. The molecule has 0 unspecified atom stereocenters. The molecular formula is C9H7FIN. The highest BCUT2D eigenvalue weighted by Gasteiger charge is 2.03. The van der Waals surface area contributed by atoms with Gasteiger partial charge in [0.2, 0.25) is 0 Å². The van der Waals surface area contributed by atoms with Crippen LogP contribution in [0.3, 0.4) is 0 Å². The van der Waals surface area contributed by atoms with E-state index in [9.17, 15) is 4.39 Å². The van der Waals surface area contributed by atoms with Crippen LogP contribution < -0.4 is 0 Å². The second kappa shape index (κ2) is 3.85. The van der Waals surface area contributed by atoms with Crippen LogP contribution in [0.2, 0.25) is 0 Å². The van der Waals surface area contributed by atoms with Gasteiger partial charge in [-0.2, -0.15) is 5.26 Å². The topological polar surface area (TPSA) is 23.8 Å². The molecular weight excluding hydrogens is 268 g/mol. The summed E-state index contributed by atoms with van der Waals surface area (Å²) < 4.78 is 13.7. The van der Waals surface area contributed by atoms with Crippen LogP contribution in [0.1, 0.15) is 11.1 Å². The lowest BCUT2D eigenvalue weighted by molar-refractivity contribution is 0.616. The lowest BCUT2D eigenvalue weighted by Crippen LogP contribution is -1.91. The number of rotatable bonds is 1. The van der Waals surface area contributed by atoms with Gasteiger partial charge in [0, 0.05) is 3.57 Å². The molecule has 0 N–H and O–H groups in total. The summed E-state index contributed by atoms with van der Waals surface area (Å²) in [5.74, 6) is -0.207. The Balaban J connectivity index is 3.16. The van der Waals surface area contributed by atoms with E-state index in [-0.39, 0.29) is 5.82 Å². The van der Waals surface area contributed by atoms with E-state index < -0.39 is 0 Å². The molecule has 0 fully saturated rings. The minimum atomic E-state index is -0.207. The minimum absolute atomic E-state index is 0.207. The second-order valence-electron chi connectivity index (χ2n) is 2.53. The van der Waals surface area contributed by atoms with Crippen LogP contribution >= 0.6 is 22.6 Å². The predicted octanol–water partition coefficient (Wildman–Crippen LogP) is 2.80. The van der Waals surface area contributed by atoms with E-state index in [2.05, 4.69) is 0 Å². The quantitative estimate of drug-likeness (QED) is 0.723. The van der Waals surface area contributed by atoms with Gasteiger partial charge in [0.05, 0.1) is 12.5 Å². The molecule has 0 aromatic heterocycles. The molecule has 0 atom stereocenters. The maximum Gasteiger partial charge on any atom is 0.127 e. The van der Waals surface area contributed by atoms with Gasteiger partial charge in [-0.15, -0.1) is 0 Å². The third-order valence-corrected chi connectivity index (χ3v) is 2.60. The van der Waals surface area contributed by atoms with Crippen molar-refractivity contribution in [1.29, 1.82) is 5.26 Å². The van der Waals surface area contributed by atoms with Crippen molar-refractivity contribution in [3.05, 3.63) is 32.6 Å². The Kier molecular flexibility index (Phi) is 3.04. The van der Waals surface area contributed by atoms with E-state index in [1.165, 1.54) is 6.07 Å². The number of nitriles is 1. The van der Waals surface area contributed by atoms with Crippen LogP contribution in [0.15, 0.2) is 12.1 Å². The van der Waals surface area contributed by atoms with Crippen molar-refractivity contribution in [3.63, 3.8) is 0 Å². The van der Waals surface area contributed by atoms with E-state index >= 15 is 0 Å². The zero-order valence-electron chi connectivity index (χ0n) is 6.56.